The predicted octanol–water partition coefficient (Wildman–Crippen LogP) is 3.51. The van der Waals surface area contributed by atoms with Crippen LogP contribution in [0.3, 0.4) is 0 Å². The summed E-state index contributed by atoms with van der Waals surface area (Å²) < 4.78 is 5.95. The third-order valence-corrected chi connectivity index (χ3v) is 4.44. The fourth-order valence-electron chi connectivity index (χ4n) is 2.16. The second-order valence-corrected chi connectivity index (χ2v) is 5.65. The number of ether oxygens (including phenoxy) is 1. The Morgan fingerprint density at radius 2 is 1.77 bits per heavy atom. The van der Waals surface area contributed by atoms with Crippen molar-refractivity contribution in [3.05, 3.63) is 0 Å². The van der Waals surface area contributed by atoms with Crippen molar-refractivity contribution in [2.24, 2.45) is 5.92 Å². The van der Waals surface area contributed by atoms with Crippen molar-refractivity contribution < 1.29 is 4.74 Å². The van der Waals surface area contributed by atoms with E-state index >= 15 is 0 Å². The summed E-state index contributed by atoms with van der Waals surface area (Å²) in [6.45, 7) is 1.02. The molecular formula is C11H19BrO. The van der Waals surface area contributed by atoms with E-state index in [-0.39, 0.29) is 0 Å². The summed E-state index contributed by atoms with van der Waals surface area (Å²) in [6, 6.07) is 0. The molecule has 13 heavy (non-hydrogen) atoms. The first-order valence-corrected chi connectivity index (χ1v) is 6.53. The lowest BCUT2D eigenvalue weighted by atomic mass is 9.86. The molecular weight excluding hydrogens is 228 g/mol. The molecule has 0 aromatic heterocycles. The van der Waals surface area contributed by atoms with Crippen LogP contribution in [0.15, 0.2) is 0 Å². The fraction of sp³-hybridized carbons (Fsp3) is 1.00. The van der Waals surface area contributed by atoms with Crippen LogP contribution in [0, 0.1) is 5.92 Å². The highest BCUT2D eigenvalue weighted by atomic mass is 79.9. The lowest BCUT2D eigenvalue weighted by Gasteiger charge is -2.31. The molecule has 0 spiro atoms. The molecule has 0 amide bonds. The Balaban J connectivity index is 1.66. The molecule has 0 heterocycles. The first kappa shape index (κ1) is 9.97. The highest BCUT2D eigenvalue weighted by Crippen LogP contribution is 2.30. The molecule has 2 rings (SSSR count). The summed E-state index contributed by atoms with van der Waals surface area (Å²) in [7, 11) is 0. The Morgan fingerprint density at radius 1 is 1.00 bits per heavy atom. The minimum absolute atomic E-state index is 0.509. The van der Waals surface area contributed by atoms with Gasteiger partial charge >= 0.3 is 0 Å². The molecule has 0 N–H and O–H groups in total. The van der Waals surface area contributed by atoms with E-state index in [9.17, 15) is 0 Å². The Labute approximate surface area is 89.4 Å². The number of hydrogen-bond acceptors (Lipinski definition) is 1. The van der Waals surface area contributed by atoms with Gasteiger partial charge in [0, 0.05) is 11.4 Å². The standard InChI is InChI=1S/C11H19BrO/c12-10-6-1-2-7-11(10)13-8-9-4-3-5-9/h9-11H,1-8H2. The van der Waals surface area contributed by atoms with Crippen LogP contribution in [-0.2, 0) is 4.74 Å². The Hall–Kier alpha value is 0.440. The molecule has 1 nitrogen and oxygen atoms in total. The van der Waals surface area contributed by atoms with Crippen molar-refractivity contribution in [3.63, 3.8) is 0 Å². The van der Waals surface area contributed by atoms with E-state index in [1.807, 2.05) is 0 Å². The molecule has 0 aromatic carbocycles. The summed E-state index contributed by atoms with van der Waals surface area (Å²) in [4.78, 5) is 0.626. The van der Waals surface area contributed by atoms with Crippen molar-refractivity contribution in [2.45, 2.75) is 55.9 Å². The van der Waals surface area contributed by atoms with Crippen LogP contribution < -0.4 is 0 Å². The van der Waals surface area contributed by atoms with Crippen LogP contribution in [-0.4, -0.2) is 17.5 Å². The zero-order chi connectivity index (χ0) is 9.10. The average Bonchev–Trinajstić information content (AvgIpc) is 2.05. The third-order valence-electron chi connectivity index (χ3n) is 3.39. The maximum atomic E-state index is 5.95. The lowest BCUT2D eigenvalue weighted by molar-refractivity contribution is -0.00266. The second kappa shape index (κ2) is 4.79. The van der Waals surface area contributed by atoms with E-state index in [1.165, 1.54) is 44.9 Å². The minimum Gasteiger partial charge on any atom is -0.377 e. The maximum absolute atomic E-state index is 5.95. The molecule has 2 heteroatoms. The number of rotatable bonds is 3. The Bertz CT molecular complexity index is 156. The molecule has 2 fully saturated rings. The lowest BCUT2D eigenvalue weighted by Crippen LogP contribution is -2.31. The van der Waals surface area contributed by atoms with E-state index in [0.717, 1.165) is 12.5 Å². The third kappa shape index (κ3) is 2.69. The largest absolute Gasteiger partial charge is 0.377 e. The molecule has 2 atom stereocenters. The van der Waals surface area contributed by atoms with E-state index in [4.69, 9.17) is 4.74 Å². The van der Waals surface area contributed by atoms with Gasteiger partial charge in [0.25, 0.3) is 0 Å². The fourth-order valence-corrected chi connectivity index (χ4v) is 2.90. The smallest absolute Gasteiger partial charge is 0.0700 e. The van der Waals surface area contributed by atoms with Crippen molar-refractivity contribution in [1.82, 2.24) is 0 Å². The summed E-state index contributed by atoms with van der Waals surface area (Å²) in [5.74, 6) is 0.890. The van der Waals surface area contributed by atoms with Crippen LogP contribution in [0.5, 0.6) is 0 Å². The highest BCUT2D eigenvalue weighted by molar-refractivity contribution is 9.09. The Morgan fingerprint density at radius 3 is 2.38 bits per heavy atom. The van der Waals surface area contributed by atoms with E-state index in [1.54, 1.807) is 0 Å². The van der Waals surface area contributed by atoms with Crippen molar-refractivity contribution in [3.8, 4) is 0 Å². The van der Waals surface area contributed by atoms with Gasteiger partial charge in [-0.15, -0.1) is 0 Å². The SMILES string of the molecule is BrC1CCCCC1OCC1CCC1. The van der Waals surface area contributed by atoms with Gasteiger partial charge in [0.05, 0.1) is 6.10 Å². The molecule has 0 bridgehead atoms. The van der Waals surface area contributed by atoms with Gasteiger partial charge in [0.1, 0.15) is 0 Å². The van der Waals surface area contributed by atoms with Gasteiger partial charge in [-0.3, -0.25) is 0 Å². The Kier molecular flexibility index (Phi) is 3.67. The van der Waals surface area contributed by atoms with Crippen LogP contribution >= 0.6 is 15.9 Å². The zero-order valence-electron chi connectivity index (χ0n) is 8.18. The van der Waals surface area contributed by atoms with Crippen molar-refractivity contribution >= 4 is 15.9 Å². The first-order chi connectivity index (χ1) is 6.36. The van der Waals surface area contributed by atoms with Crippen LogP contribution in [0.25, 0.3) is 0 Å². The monoisotopic (exact) mass is 246 g/mol. The summed E-state index contributed by atoms with van der Waals surface area (Å²) in [5, 5.41) is 0. The molecule has 0 radical (unpaired) electrons. The van der Waals surface area contributed by atoms with Gasteiger partial charge in [-0.2, -0.15) is 0 Å². The molecule has 0 aromatic rings. The predicted molar refractivity (Wildman–Crippen MR) is 58.3 cm³/mol. The minimum atomic E-state index is 0.509. The van der Waals surface area contributed by atoms with Gasteiger partial charge in [-0.05, 0) is 31.6 Å². The number of hydrogen-bond donors (Lipinski definition) is 0. The van der Waals surface area contributed by atoms with Gasteiger partial charge in [-0.1, -0.05) is 35.2 Å². The molecule has 2 aliphatic rings. The van der Waals surface area contributed by atoms with Crippen molar-refractivity contribution in [2.75, 3.05) is 6.61 Å². The van der Waals surface area contributed by atoms with E-state index < -0.39 is 0 Å². The molecule has 2 unspecified atom stereocenters. The number of alkyl halides is 1. The van der Waals surface area contributed by atoms with Gasteiger partial charge in [0.2, 0.25) is 0 Å². The molecule has 2 aliphatic carbocycles. The van der Waals surface area contributed by atoms with Gasteiger partial charge < -0.3 is 4.74 Å². The van der Waals surface area contributed by atoms with Crippen molar-refractivity contribution in [1.29, 1.82) is 0 Å². The summed E-state index contributed by atoms with van der Waals surface area (Å²) in [6.07, 6.45) is 10.0. The van der Waals surface area contributed by atoms with Gasteiger partial charge in [0.15, 0.2) is 0 Å². The van der Waals surface area contributed by atoms with Crippen LogP contribution in [0.4, 0.5) is 0 Å². The summed E-state index contributed by atoms with van der Waals surface area (Å²) in [5.41, 5.74) is 0. The normalized spacial score (nSPS) is 35.8. The summed E-state index contributed by atoms with van der Waals surface area (Å²) >= 11 is 3.72. The zero-order valence-corrected chi connectivity index (χ0v) is 9.76. The number of halogens is 1. The molecule has 0 saturated heterocycles. The first-order valence-electron chi connectivity index (χ1n) is 5.62. The van der Waals surface area contributed by atoms with Gasteiger partial charge in [-0.25, -0.2) is 0 Å². The second-order valence-electron chi connectivity index (χ2n) is 4.47. The molecule has 0 aliphatic heterocycles. The molecule has 2 saturated carbocycles. The topological polar surface area (TPSA) is 9.23 Å². The van der Waals surface area contributed by atoms with E-state index in [2.05, 4.69) is 15.9 Å². The van der Waals surface area contributed by atoms with Crippen LogP contribution in [0.1, 0.15) is 44.9 Å². The molecule has 76 valence electrons. The van der Waals surface area contributed by atoms with E-state index in [0.29, 0.717) is 10.9 Å². The quantitative estimate of drug-likeness (QED) is 0.693. The average molecular weight is 247 g/mol. The highest BCUT2D eigenvalue weighted by Gasteiger charge is 2.25. The van der Waals surface area contributed by atoms with Crippen LogP contribution in [0.2, 0.25) is 0 Å². The maximum Gasteiger partial charge on any atom is 0.0700 e.